The highest BCUT2D eigenvalue weighted by atomic mass is 16.5. The zero-order valence-electron chi connectivity index (χ0n) is 8.68. The summed E-state index contributed by atoms with van der Waals surface area (Å²) >= 11 is 0. The van der Waals surface area contributed by atoms with Gasteiger partial charge in [-0.15, -0.1) is 0 Å². The number of rotatable bonds is 6. The Labute approximate surface area is 83.7 Å². The molecule has 5 heteroatoms. The standard InChI is InChI=1S/C9H17N3O2/c1-3-12(4-2)6-8(13)5-9-10-7-11-14-9/h7-8,13H,3-6H2,1-2H3. The lowest BCUT2D eigenvalue weighted by Crippen LogP contribution is -2.33. The Morgan fingerprint density at radius 2 is 2.21 bits per heavy atom. The Morgan fingerprint density at radius 1 is 1.50 bits per heavy atom. The van der Waals surface area contributed by atoms with E-state index in [-0.39, 0.29) is 0 Å². The molecular formula is C9H17N3O2. The highest BCUT2D eigenvalue weighted by molar-refractivity contribution is 4.79. The van der Waals surface area contributed by atoms with Crippen molar-refractivity contribution < 1.29 is 9.63 Å². The maximum Gasteiger partial charge on any atom is 0.229 e. The third kappa shape index (κ3) is 3.43. The van der Waals surface area contributed by atoms with E-state index in [1.54, 1.807) is 0 Å². The molecule has 0 saturated heterocycles. The van der Waals surface area contributed by atoms with Gasteiger partial charge in [0, 0.05) is 6.54 Å². The second-order valence-corrected chi connectivity index (χ2v) is 3.18. The number of hydrogen-bond donors (Lipinski definition) is 1. The number of hydrogen-bond acceptors (Lipinski definition) is 5. The molecule has 0 spiro atoms. The molecule has 1 atom stereocenters. The fourth-order valence-electron chi connectivity index (χ4n) is 1.33. The number of aliphatic hydroxyl groups excluding tert-OH is 1. The first kappa shape index (κ1) is 11.1. The van der Waals surface area contributed by atoms with Crippen LogP contribution in [0.5, 0.6) is 0 Å². The third-order valence-electron chi connectivity index (χ3n) is 2.18. The Morgan fingerprint density at radius 3 is 2.71 bits per heavy atom. The van der Waals surface area contributed by atoms with Crippen LogP contribution in [0.3, 0.4) is 0 Å². The van der Waals surface area contributed by atoms with Crippen molar-refractivity contribution in [1.29, 1.82) is 0 Å². The van der Waals surface area contributed by atoms with Gasteiger partial charge in [0.1, 0.15) is 0 Å². The van der Waals surface area contributed by atoms with Crippen LogP contribution in [0.4, 0.5) is 0 Å². The summed E-state index contributed by atoms with van der Waals surface area (Å²) in [4.78, 5) is 6.01. The van der Waals surface area contributed by atoms with Crippen molar-refractivity contribution in [2.45, 2.75) is 26.4 Å². The fraction of sp³-hybridized carbons (Fsp3) is 0.778. The monoisotopic (exact) mass is 199 g/mol. The molecule has 1 unspecified atom stereocenters. The second kappa shape index (κ2) is 5.72. The van der Waals surface area contributed by atoms with Crippen LogP contribution < -0.4 is 0 Å². The van der Waals surface area contributed by atoms with Crippen LogP contribution in [-0.2, 0) is 6.42 Å². The summed E-state index contributed by atoms with van der Waals surface area (Å²) in [7, 11) is 0. The largest absolute Gasteiger partial charge is 0.391 e. The first-order valence-corrected chi connectivity index (χ1v) is 4.92. The van der Waals surface area contributed by atoms with Gasteiger partial charge in [0.05, 0.1) is 12.5 Å². The second-order valence-electron chi connectivity index (χ2n) is 3.18. The predicted octanol–water partition coefficient (Wildman–Crippen LogP) is 0.315. The molecule has 80 valence electrons. The summed E-state index contributed by atoms with van der Waals surface area (Å²) in [6.45, 7) is 6.68. The smallest absolute Gasteiger partial charge is 0.229 e. The van der Waals surface area contributed by atoms with Crippen molar-refractivity contribution in [3.05, 3.63) is 12.2 Å². The van der Waals surface area contributed by atoms with Crippen LogP contribution in [0, 0.1) is 0 Å². The van der Waals surface area contributed by atoms with E-state index in [0.29, 0.717) is 18.9 Å². The summed E-state index contributed by atoms with van der Waals surface area (Å²) in [6, 6.07) is 0. The van der Waals surface area contributed by atoms with E-state index >= 15 is 0 Å². The van der Waals surface area contributed by atoms with Crippen LogP contribution in [-0.4, -0.2) is 45.9 Å². The van der Waals surface area contributed by atoms with Crippen molar-refractivity contribution in [3.63, 3.8) is 0 Å². The lowest BCUT2D eigenvalue weighted by Gasteiger charge is -2.20. The molecule has 0 fully saturated rings. The minimum absolute atomic E-state index is 0.427. The topological polar surface area (TPSA) is 62.4 Å². The molecule has 0 aromatic carbocycles. The van der Waals surface area contributed by atoms with Gasteiger partial charge in [0.25, 0.3) is 0 Å². The average molecular weight is 199 g/mol. The number of aliphatic hydroxyl groups is 1. The number of aromatic nitrogens is 2. The molecular weight excluding hydrogens is 182 g/mol. The molecule has 1 aromatic heterocycles. The highest BCUT2D eigenvalue weighted by Gasteiger charge is 2.12. The first-order valence-electron chi connectivity index (χ1n) is 4.92. The molecule has 0 amide bonds. The van der Waals surface area contributed by atoms with Gasteiger partial charge in [-0.3, -0.25) is 0 Å². The summed E-state index contributed by atoms with van der Waals surface area (Å²) in [6.07, 6.45) is 1.34. The van der Waals surface area contributed by atoms with E-state index in [9.17, 15) is 5.11 Å². The summed E-state index contributed by atoms with van der Waals surface area (Å²) in [5.74, 6) is 0.490. The molecule has 0 aliphatic carbocycles. The SMILES string of the molecule is CCN(CC)CC(O)Cc1ncno1. The summed E-state index contributed by atoms with van der Waals surface area (Å²) in [5, 5.41) is 13.2. The molecule has 14 heavy (non-hydrogen) atoms. The van der Waals surface area contributed by atoms with Crippen molar-refractivity contribution in [3.8, 4) is 0 Å². The zero-order valence-corrected chi connectivity index (χ0v) is 8.68. The molecule has 0 bridgehead atoms. The van der Waals surface area contributed by atoms with Crippen molar-refractivity contribution in [2.75, 3.05) is 19.6 Å². The van der Waals surface area contributed by atoms with Gasteiger partial charge >= 0.3 is 0 Å². The van der Waals surface area contributed by atoms with Crippen molar-refractivity contribution in [1.82, 2.24) is 15.0 Å². The van der Waals surface area contributed by atoms with E-state index in [4.69, 9.17) is 4.52 Å². The van der Waals surface area contributed by atoms with Gasteiger partial charge in [-0.2, -0.15) is 4.98 Å². The van der Waals surface area contributed by atoms with Crippen molar-refractivity contribution in [2.24, 2.45) is 0 Å². The van der Waals surface area contributed by atoms with Gasteiger partial charge in [-0.25, -0.2) is 0 Å². The number of likely N-dealkylation sites (N-methyl/N-ethyl adjacent to an activating group) is 1. The van der Waals surface area contributed by atoms with E-state index in [1.165, 1.54) is 6.33 Å². The molecule has 1 heterocycles. The molecule has 1 N–H and O–H groups in total. The molecule has 1 aromatic rings. The number of nitrogens with zero attached hydrogens (tertiary/aromatic N) is 3. The van der Waals surface area contributed by atoms with Crippen LogP contribution in [0.25, 0.3) is 0 Å². The highest BCUT2D eigenvalue weighted by Crippen LogP contribution is 2.00. The van der Waals surface area contributed by atoms with E-state index in [1.807, 2.05) is 0 Å². The molecule has 1 rings (SSSR count). The van der Waals surface area contributed by atoms with E-state index in [0.717, 1.165) is 13.1 Å². The average Bonchev–Trinajstić information content (AvgIpc) is 2.66. The van der Waals surface area contributed by atoms with Gasteiger partial charge in [-0.05, 0) is 13.1 Å². The molecule has 0 aliphatic heterocycles. The Bertz CT molecular complexity index is 234. The molecule has 0 aliphatic rings. The van der Waals surface area contributed by atoms with E-state index in [2.05, 4.69) is 28.9 Å². The molecule has 0 radical (unpaired) electrons. The van der Waals surface area contributed by atoms with Crippen LogP contribution >= 0.6 is 0 Å². The lowest BCUT2D eigenvalue weighted by atomic mass is 10.2. The lowest BCUT2D eigenvalue weighted by molar-refractivity contribution is 0.110. The third-order valence-corrected chi connectivity index (χ3v) is 2.18. The predicted molar refractivity (Wildman–Crippen MR) is 51.8 cm³/mol. The van der Waals surface area contributed by atoms with Gasteiger partial charge in [-0.1, -0.05) is 19.0 Å². The van der Waals surface area contributed by atoms with Crippen LogP contribution in [0.15, 0.2) is 10.9 Å². The van der Waals surface area contributed by atoms with Gasteiger partial charge < -0.3 is 14.5 Å². The van der Waals surface area contributed by atoms with Crippen molar-refractivity contribution >= 4 is 0 Å². The normalized spacial score (nSPS) is 13.4. The Balaban J connectivity index is 2.31. The zero-order chi connectivity index (χ0) is 10.4. The van der Waals surface area contributed by atoms with E-state index < -0.39 is 6.10 Å². The maximum atomic E-state index is 9.68. The summed E-state index contributed by atoms with van der Waals surface area (Å²) < 4.78 is 4.81. The maximum absolute atomic E-state index is 9.68. The Kier molecular flexibility index (Phi) is 4.55. The molecule has 0 saturated carbocycles. The quantitative estimate of drug-likeness (QED) is 0.714. The van der Waals surface area contributed by atoms with Gasteiger partial charge in [0.15, 0.2) is 6.33 Å². The minimum atomic E-state index is -0.435. The van der Waals surface area contributed by atoms with Gasteiger partial charge in [0.2, 0.25) is 5.89 Å². The summed E-state index contributed by atoms with van der Waals surface area (Å²) in [5.41, 5.74) is 0. The minimum Gasteiger partial charge on any atom is -0.391 e. The Hall–Kier alpha value is -0.940. The first-order chi connectivity index (χ1) is 6.76. The fourth-order valence-corrected chi connectivity index (χ4v) is 1.33. The van der Waals surface area contributed by atoms with Crippen LogP contribution in [0.2, 0.25) is 0 Å². The van der Waals surface area contributed by atoms with Crippen LogP contribution in [0.1, 0.15) is 19.7 Å². The molecule has 5 nitrogen and oxygen atoms in total.